The van der Waals surface area contributed by atoms with Crippen molar-refractivity contribution in [1.29, 1.82) is 0 Å². The van der Waals surface area contributed by atoms with Crippen molar-refractivity contribution in [2.24, 2.45) is 23.2 Å². The van der Waals surface area contributed by atoms with E-state index in [2.05, 4.69) is 15.5 Å². The highest BCUT2D eigenvalue weighted by molar-refractivity contribution is 5.68. The fourth-order valence-corrected chi connectivity index (χ4v) is 5.47. The molecule has 1 amide bonds. The fraction of sp³-hybridized carbons (Fsp3) is 0.636. The third kappa shape index (κ3) is 3.52. The van der Waals surface area contributed by atoms with E-state index in [4.69, 9.17) is 9.47 Å². The van der Waals surface area contributed by atoms with Crippen LogP contribution < -0.4 is 4.74 Å². The molecule has 30 heavy (non-hydrogen) atoms. The predicted octanol–water partition coefficient (Wildman–Crippen LogP) is 3.32. The number of hydrogen-bond acceptors (Lipinski definition) is 6. The van der Waals surface area contributed by atoms with Crippen LogP contribution in [0.4, 0.5) is 4.79 Å². The third-order valence-corrected chi connectivity index (χ3v) is 6.98. The molecule has 1 aromatic heterocycles. The standard InChI is InChI=1S/C22H29N5O3/c1-21(2,3)30-20(28)26-10-8-22(9-11-26)12-17-18(19(17)22)13-29-16-6-4-15(5-7-16)27-14-23-24-25-27/h4-7,14,17-19H,8-13H2,1-3H3. The maximum atomic E-state index is 12.3. The Morgan fingerprint density at radius 1 is 1.20 bits per heavy atom. The molecule has 3 unspecified atom stereocenters. The van der Waals surface area contributed by atoms with Crippen molar-refractivity contribution in [3.05, 3.63) is 30.6 Å². The molecule has 2 aliphatic carbocycles. The zero-order valence-electron chi connectivity index (χ0n) is 17.8. The first-order valence-corrected chi connectivity index (χ1v) is 10.8. The Balaban J connectivity index is 1.10. The molecule has 1 aliphatic heterocycles. The van der Waals surface area contributed by atoms with Crippen molar-refractivity contribution < 1.29 is 14.3 Å². The monoisotopic (exact) mass is 411 g/mol. The third-order valence-electron chi connectivity index (χ3n) is 6.98. The highest BCUT2D eigenvalue weighted by Gasteiger charge is 2.70. The van der Waals surface area contributed by atoms with Gasteiger partial charge in [-0.2, -0.15) is 0 Å². The first-order chi connectivity index (χ1) is 14.3. The lowest BCUT2D eigenvalue weighted by Gasteiger charge is -2.47. The molecule has 0 N–H and O–H groups in total. The molecule has 3 atom stereocenters. The first-order valence-electron chi connectivity index (χ1n) is 10.8. The molecule has 2 saturated carbocycles. The van der Waals surface area contributed by atoms with E-state index in [1.54, 1.807) is 11.0 Å². The number of amides is 1. The maximum absolute atomic E-state index is 12.3. The van der Waals surface area contributed by atoms with Crippen molar-refractivity contribution in [3.63, 3.8) is 0 Å². The van der Waals surface area contributed by atoms with Gasteiger partial charge in [0.1, 0.15) is 17.7 Å². The average molecular weight is 412 g/mol. The number of ether oxygens (including phenoxy) is 2. The Labute approximate surface area is 176 Å². The van der Waals surface area contributed by atoms with Gasteiger partial charge in [0.2, 0.25) is 0 Å². The summed E-state index contributed by atoms with van der Waals surface area (Å²) >= 11 is 0. The molecule has 2 heterocycles. The van der Waals surface area contributed by atoms with Gasteiger partial charge in [-0.05, 0) is 97.9 Å². The van der Waals surface area contributed by atoms with E-state index in [0.29, 0.717) is 11.3 Å². The van der Waals surface area contributed by atoms with Gasteiger partial charge in [-0.1, -0.05) is 0 Å². The Morgan fingerprint density at radius 3 is 2.57 bits per heavy atom. The van der Waals surface area contributed by atoms with Crippen LogP contribution in [0.2, 0.25) is 0 Å². The lowest BCUT2D eigenvalue weighted by molar-refractivity contribution is -0.0111. The molecule has 0 radical (unpaired) electrons. The van der Waals surface area contributed by atoms with Crippen LogP contribution in [0.3, 0.4) is 0 Å². The highest BCUT2D eigenvalue weighted by atomic mass is 16.6. The number of carbonyl (C=O) groups excluding carboxylic acids is 1. The molecule has 1 spiro atoms. The zero-order chi connectivity index (χ0) is 20.9. The molecule has 1 aromatic carbocycles. The van der Waals surface area contributed by atoms with Crippen LogP contribution in [0.1, 0.15) is 40.0 Å². The summed E-state index contributed by atoms with van der Waals surface area (Å²) in [5, 5.41) is 11.2. The molecule has 0 bridgehead atoms. The lowest BCUT2D eigenvalue weighted by Crippen LogP contribution is -2.48. The summed E-state index contributed by atoms with van der Waals surface area (Å²) in [5.74, 6) is 3.10. The minimum atomic E-state index is -0.433. The molecular weight excluding hydrogens is 382 g/mol. The van der Waals surface area contributed by atoms with E-state index < -0.39 is 5.60 Å². The van der Waals surface area contributed by atoms with Crippen molar-refractivity contribution in [2.75, 3.05) is 19.7 Å². The molecule has 1 saturated heterocycles. The Kier molecular flexibility index (Phi) is 4.48. The van der Waals surface area contributed by atoms with Crippen molar-refractivity contribution >= 4 is 6.09 Å². The zero-order valence-corrected chi connectivity index (χ0v) is 17.8. The van der Waals surface area contributed by atoms with E-state index in [0.717, 1.165) is 55.8 Å². The topological polar surface area (TPSA) is 82.4 Å². The molecule has 3 aliphatic rings. The summed E-state index contributed by atoms with van der Waals surface area (Å²) in [7, 11) is 0. The van der Waals surface area contributed by atoms with E-state index in [1.165, 1.54) is 6.42 Å². The number of hydrogen-bond donors (Lipinski definition) is 0. The number of benzene rings is 1. The molecular formula is C22H29N5O3. The number of rotatable bonds is 4. The van der Waals surface area contributed by atoms with Crippen LogP contribution in [0.5, 0.6) is 5.75 Å². The van der Waals surface area contributed by atoms with Gasteiger partial charge in [0.05, 0.1) is 12.3 Å². The molecule has 160 valence electrons. The number of fused-ring (bicyclic) bond motifs is 2. The Hall–Kier alpha value is -2.64. The summed E-state index contributed by atoms with van der Waals surface area (Å²) in [5.41, 5.74) is 0.896. The van der Waals surface area contributed by atoms with Gasteiger partial charge in [-0.3, -0.25) is 0 Å². The second kappa shape index (κ2) is 6.96. The Morgan fingerprint density at radius 2 is 1.93 bits per heavy atom. The van der Waals surface area contributed by atoms with Gasteiger partial charge >= 0.3 is 6.09 Å². The fourth-order valence-electron chi connectivity index (χ4n) is 5.47. The van der Waals surface area contributed by atoms with Crippen LogP contribution >= 0.6 is 0 Å². The normalized spacial score (nSPS) is 26.6. The Bertz CT molecular complexity index is 898. The van der Waals surface area contributed by atoms with Crippen molar-refractivity contribution in [2.45, 2.75) is 45.6 Å². The van der Waals surface area contributed by atoms with Crippen LogP contribution in [0.25, 0.3) is 5.69 Å². The van der Waals surface area contributed by atoms with Gasteiger partial charge in [0.25, 0.3) is 0 Å². The van der Waals surface area contributed by atoms with Crippen LogP contribution in [-0.2, 0) is 4.74 Å². The largest absolute Gasteiger partial charge is 0.493 e. The van der Waals surface area contributed by atoms with Crippen LogP contribution in [-0.4, -0.2) is 56.5 Å². The van der Waals surface area contributed by atoms with E-state index in [-0.39, 0.29) is 6.09 Å². The number of likely N-dealkylation sites (tertiary alicyclic amines) is 1. The van der Waals surface area contributed by atoms with Crippen LogP contribution in [0, 0.1) is 23.2 Å². The molecule has 8 heteroatoms. The van der Waals surface area contributed by atoms with Crippen molar-refractivity contribution in [1.82, 2.24) is 25.1 Å². The average Bonchev–Trinajstić information content (AvgIpc) is 3.03. The van der Waals surface area contributed by atoms with Gasteiger partial charge in [-0.15, -0.1) is 5.10 Å². The quantitative estimate of drug-likeness (QED) is 0.768. The predicted molar refractivity (Wildman–Crippen MR) is 109 cm³/mol. The smallest absolute Gasteiger partial charge is 0.410 e. The number of piperidine rings is 1. The van der Waals surface area contributed by atoms with E-state index >= 15 is 0 Å². The summed E-state index contributed by atoms with van der Waals surface area (Å²) in [6.07, 6.45) is 4.86. The first kappa shape index (κ1) is 19.3. The summed E-state index contributed by atoms with van der Waals surface area (Å²) in [6.45, 7) is 8.15. The van der Waals surface area contributed by atoms with Gasteiger partial charge in [0, 0.05) is 13.1 Å². The summed E-state index contributed by atoms with van der Waals surface area (Å²) in [4.78, 5) is 14.2. The highest BCUT2D eigenvalue weighted by Crippen LogP contribution is 2.74. The number of nitrogens with zero attached hydrogens (tertiary/aromatic N) is 5. The van der Waals surface area contributed by atoms with Gasteiger partial charge in [0.15, 0.2) is 0 Å². The molecule has 5 rings (SSSR count). The molecule has 2 aromatic rings. The summed E-state index contributed by atoms with van der Waals surface area (Å²) < 4.78 is 13.2. The second-order valence-corrected chi connectivity index (χ2v) is 9.95. The number of tetrazole rings is 1. The minimum Gasteiger partial charge on any atom is -0.493 e. The van der Waals surface area contributed by atoms with Crippen LogP contribution in [0.15, 0.2) is 30.6 Å². The van der Waals surface area contributed by atoms with Gasteiger partial charge in [-0.25, -0.2) is 9.48 Å². The number of aromatic nitrogens is 4. The summed E-state index contributed by atoms with van der Waals surface area (Å²) in [6, 6.07) is 7.86. The second-order valence-electron chi connectivity index (χ2n) is 9.95. The maximum Gasteiger partial charge on any atom is 0.410 e. The van der Waals surface area contributed by atoms with E-state index in [1.807, 2.05) is 49.9 Å². The lowest BCUT2D eigenvalue weighted by atomic mass is 9.63. The minimum absolute atomic E-state index is 0.172. The molecule has 3 fully saturated rings. The van der Waals surface area contributed by atoms with E-state index in [9.17, 15) is 4.79 Å². The van der Waals surface area contributed by atoms with Crippen molar-refractivity contribution in [3.8, 4) is 11.4 Å². The van der Waals surface area contributed by atoms with Gasteiger partial charge < -0.3 is 14.4 Å². The molecule has 8 nitrogen and oxygen atoms in total. The SMILES string of the molecule is CC(C)(C)OC(=O)N1CCC2(CC1)CC1C(COc3ccc(-n4cnnn4)cc3)C12. The number of carbonyl (C=O) groups is 1.